The summed E-state index contributed by atoms with van der Waals surface area (Å²) in [6.45, 7) is 7.65. The van der Waals surface area contributed by atoms with Crippen molar-refractivity contribution in [1.82, 2.24) is 10.0 Å². The molecule has 0 aromatic carbocycles. The van der Waals surface area contributed by atoms with Gasteiger partial charge in [0.2, 0.25) is 10.0 Å². The Morgan fingerprint density at radius 2 is 1.47 bits per heavy atom. The lowest BCUT2D eigenvalue weighted by atomic mass is 10.1. The van der Waals surface area contributed by atoms with Crippen LogP contribution in [0.4, 0.5) is 0 Å². The summed E-state index contributed by atoms with van der Waals surface area (Å²) in [5, 5.41) is 3.32. The Kier molecular flexibility index (Phi) is 9.66. The number of hydrogen-bond acceptors (Lipinski definition) is 3. The van der Waals surface area contributed by atoms with Crippen LogP contribution >= 0.6 is 0 Å². The topological polar surface area (TPSA) is 58.2 Å². The minimum absolute atomic E-state index is 0.422. The van der Waals surface area contributed by atoms with Gasteiger partial charge in [0.1, 0.15) is 0 Å². The number of unbranched alkanes of at least 4 members (excludes halogenated alkanes) is 6. The molecule has 0 aliphatic rings. The van der Waals surface area contributed by atoms with Crippen molar-refractivity contribution in [2.24, 2.45) is 0 Å². The van der Waals surface area contributed by atoms with Gasteiger partial charge in [0.25, 0.3) is 0 Å². The second kappa shape index (κ2) is 9.72. The number of nitrogens with one attached hydrogen (secondary N) is 2. The van der Waals surface area contributed by atoms with E-state index in [4.69, 9.17) is 0 Å². The summed E-state index contributed by atoms with van der Waals surface area (Å²) < 4.78 is 25.0. The average Bonchev–Trinajstić information content (AvgIpc) is 2.23. The quantitative estimate of drug-likeness (QED) is 0.544. The molecule has 0 unspecified atom stereocenters. The summed E-state index contributed by atoms with van der Waals surface area (Å²) in [7, 11) is -3.13. The molecule has 0 saturated heterocycles. The molecule has 0 spiro atoms. The van der Waals surface area contributed by atoms with E-state index in [1.54, 1.807) is 0 Å². The molecule has 0 radical (unpaired) electrons. The third-order valence-electron chi connectivity index (χ3n) is 2.99. The minimum Gasteiger partial charge on any atom is -0.315 e. The monoisotopic (exact) mass is 292 g/mol. The molecule has 0 amide bonds. The highest BCUT2D eigenvalue weighted by Crippen LogP contribution is 2.06. The van der Waals surface area contributed by atoms with Gasteiger partial charge in [-0.1, -0.05) is 45.4 Å². The summed E-state index contributed by atoms with van der Waals surface area (Å²) in [6, 6.07) is 0. The zero-order chi connectivity index (χ0) is 14.8. The minimum atomic E-state index is -3.13. The maximum Gasteiger partial charge on any atom is 0.209 e. The number of sulfonamides is 1. The highest BCUT2D eigenvalue weighted by molar-refractivity contribution is 7.88. The Hall–Kier alpha value is -0.130. The standard InChI is InChI=1S/C14H32N2O2S/c1-5-6-7-8-9-10-11-12-15-13-14(2,3)16-19(4,17)18/h15-16H,5-13H2,1-4H3. The van der Waals surface area contributed by atoms with Crippen LogP contribution in [0.15, 0.2) is 0 Å². The normalized spacial score (nSPS) is 12.8. The molecule has 0 aliphatic carbocycles. The van der Waals surface area contributed by atoms with E-state index in [1.807, 2.05) is 13.8 Å². The maximum atomic E-state index is 11.2. The van der Waals surface area contributed by atoms with Crippen LogP contribution in [0.25, 0.3) is 0 Å². The zero-order valence-corrected chi connectivity index (χ0v) is 13.9. The molecule has 0 aromatic rings. The first-order valence-corrected chi connectivity index (χ1v) is 9.35. The van der Waals surface area contributed by atoms with Gasteiger partial charge in [-0.25, -0.2) is 13.1 Å². The third-order valence-corrected chi connectivity index (χ3v) is 3.91. The van der Waals surface area contributed by atoms with Crippen LogP contribution in [0.1, 0.15) is 65.7 Å². The first kappa shape index (κ1) is 18.9. The molecule has 0 rings (SSSR count). The average molecular weight is 292 g/mol. The van der Waals surface area contributed by atoms with Gasteiger partial charge in [-0.2, -0.15) is 0 Å². The van der Waals surface area contributed by atoms with E-state index in [1.165, 1.54) is 51.2 Å². The molecule has 5 heteroatoms. The van der Waals surface area contributed by atoms with Crippen molar-refractivity contribution in [3.8, 4) is 0 Å². The molecule has 0 saturated carbocycles. The molecule has 116 valence electrons. The van der Waals surface area contributed by atoms with Crippen molar-refractivity contribution in [2.45, 2.75) is 71.3 Å². The van der Waals surface area contributed by atoms with E-state index in [0.717, 1.165) is 6.54 Å². The van der Waals surface area contributed by atoms with Gasteiger partial charge < -0.3 is 5.32 Å². The SMILES string of the molecule is CCCCCCCCCNCC(C)(C)NS(C)(=O)=O. The molecule has 2 N–H and O–H groups in total. The molecule has 0 fully saturated rings. The van der Waals surface area contributed by atoms with Gasteiger partial charge in [-0.3, -0.25) is 0 Å². The van der Waals surface area contributed by atoms with Crippen molar-refractivity contribution >= 4 is 10.0 Å². The molecule has 0 atom stereocenters. The van der Waals surface area contributed by atoms with Gasteiger partial charge in [-0.05, 0) is 26.8 Å². The fraction of sp³-hybridized carbons (Fsp3) is 1.00. The zero-order valence-electron chi connectivity index (χ0n) is 13.1. The summed E-state index contributed by atoms with van der Waals surface area (Å²) in [5.41, 5.74) is -0.422. The van der Waals surface area contributed by atoms with E-state index < -0.39 is 15.6 Å². The largest absolute Gasteiger partial charge is 0.315 e. The Morgan fingerprint density at radius 1 is 0.947 bits per heavy atom. The van der Waals surface area contributed by atoms with Gasteiger partial charge in [0.15, 0.2) is 0 Å². The fourth-order valence-electron chi connectivity index (χ4n) is 2.15. The predicted molar refractivity (Wildman–Crippen MR) is 82.9 cm³/mol. The third kappa shape index (κ3) is 14.1. The Bertz CT molecular complexity index is 313. The van der Waals surface area contributed by atoms with Gasteiger partial charge in [0.05, 0.1) is 6.26 Å². The molecule has 19 heavy (non-hydrogen) atoms. The van der Waals surface area contributed by atoms with E-state index in [2.05, 4.69) is 17.0 Å². The Morgan fingerprint density at radius 3 is 2.00 bits per heavy atom. The predicted octanol–water partition coefficient (Wildman–Crippen LogP) is 2.65. The molecular weight excluding hydrogens is 260 g/mol. The van der Waals surface area contributed by atoms with Crippen LogP contribution in [-0.2, 0) is 10.0 Å². The van der Waals surface area contributed by atoms with Crippen molar-refractivity contribution in [2.75, 3.05) is 19.3 Å². The molecule has 4 nitrogen and oxygen atoms in total. The lowest BCUT2D eigenvalue weighted by Gasteiger charge is -2.25. The summed E-state index contributed by atoms with van der Waals surface area (Å²) in [4.78, 5) is 0. The Balaban J connectivity index is 3.48. The highest BCUT2D eigenvalue weighted by atomic mass is 32.2. The fourth-order valence-corrected chi connectivity index (χ4v) is 3.22. The van der Waals surface area contributed by atoms with Gasteiger partial charge in [0, 0.05) is 12.1 Å². The van der Waals surface area contributed by atoms with E-state index in [0.29, 0.717) is 6.54 Å². The lowest BCUT2D eigenvalue weighted by molar-refractivity contribution is 0.417. The smallest absolute Gasteiger partial charge is 0.209 e. The number of rotatable bonds is 12. The number of hydrogen-bond donors (Lipinski definition) is 2. The van der Waals surface area contributed by atoms with Crippen molar-refractivity contribution in [3.05, 3.63) is 0 Å². The maximum absolute atomic E-state index is 11.2. The van der Waals surface area contributed by atoms with E-state index in [-0.39, 0.29) is 0 Å². The van der Waals surface area contributed by atoms with Crippen LogP contribution in [-0.4, -0.2) is 33.3 Å². The summed E-state index contributed by atoms with van der Waals surface area (Å²) in [6.07, 6.45) is 10.3. The first-order chi connectivity index (χ1) is 8.77. The molecule has 0 bridgehead atoms. The summed E-state index contributed by atoms with van der Waals surface area (Å²) >= 11 is 0. The lowest BCUT2D eigenvalue weighted by Crippen LogP contribution is -2.50. The van der Waals surface area contributed by atoms with Crippen LogP contribution in [0.2, 0.25) is 0 Å². The molecular formula is C14H32N2O2S. The van der Waals surface area contributed by atoms with Crippen molar-refractivity contribution in [3.63, 3.8) is 0 Å². The first-order valence-electron chi connectivity index (χ1n) is 7.46. The molecule has 0 heterocycles. The van der Waals surface area contributed by atoms with Crippen molar-refractivity contribution < 1.29 is 8.42 Å². The van der Waals surface area contributed by atoms with Gasteiger partial charge >= 0.3 is 0 Å². The van der Waals surface area contributed by atoms with E-state index in [9.17, 15) is 8.42 Å². The molecule has 0 aromatic heterocycles. The second-order valence-electron chi connectivity index (χ2n) is 6.06. The second-order valence-corrected chi connectivity index (χ2v) is 7.80. The van der Waals surface area contributed by atoms with Crippen LogP contribution < -0.4 is 10.0 Å². The van der Waals surface area contributed by atoms with Crippen LogP contribution in [0.5, 0.6) is 0 Å². The van der Waals surface area contributed by atoms with E-state index >= 15 is 0 Å². The van der Waals surface area contributed by atoms with Crippen LogP contribution in [0.3, 0.4) is 0 Å². The van der Waals surface area contributed by atoms with Crippen molar-refractivity contribution in [1.29, 1.82) is 0 Å². The summed E-state index contributed by atoms with van der Waals surface area (Å²) in [5.74, 6) is 0. The van der Waals surface area contributed by atoms with Gasteiger partial charge in [-0.15, -0.1) is 0 Å². The highest BCUT2D eigenvalue weighted by Gasteiger charge is 2.21. The molecule has 0 aliphatic heterocycles. The van der Waals surface area contributed by atoms with Crippen LogP contribution in [0, 0.1) is 0 Å². The Labute approximate surface area is 119 Å².